The molecule has 22 heavy (non-hydrogen) atoms. The molecule has 0 spiro atoms. The van der Waals surface area contributed by atoms with Gasteiger partial charge in [0.15, 0.2) is 0 Å². The summed E-state index contributed by atoms with van der Waals surface area (Å²) >= 11 is 0. The number of piperidine rings is 1. The van der Waals surface area contributed by atoms with E-state index in [9.17, 15) is 4.79 Å². The fraction of sp³-hybridized carbons (Fsp3) is 0.588. The van der Waals surface area contributed by atoms with E-state index in [0.29, 0.717) is 5.56 Å². The van der Waals surface area contributed by atoms with Crippen molar-refractivity contribution in [3.8, 4) is 0 Å². The van der Waals surface area contributed by atoms with E-state index in [1.165, 1.54) is 0 Å². The van der Waals surface area contributed by atoms with Gasteiger partial charge in [0.25, 0.3) is 5.91 Å². The van der Waals surface area contributed by atoms with Crippen molar-refractivity contribution in [1.29, 1.82) is 0 Å². The summed E-state index contributed by atoms with van der Waals surface area (Å²) in [4.78, 5) is 14.9. The molecule has 0 aliphatic carbocycles. The standard InChI is InChI=1S/C17H28N4O/c1-16(2)11-10-14(17(3,4)21(16)5)19-15(22)12-6-8-13(20-18)9-7-12/h6-9,14,20H,10-11,18H2,1-5H3,(H,19,22). The van der Waals surface area contributed by atoms with Crippen LogP contribution in [0, 0.1) is 0 Å². The highest BCUT2D eigenvalue weighted by molar-refractivity contribution is 5.94. The third-order valence-corrected chi connectivity index (χ3v) is 5.29. The maximum Gasteiger partial charge on any atom is 0.251 e. The summed E-state index contributed by atoms with van der Waals surface area (Å²) in [6.45, 7) is 8.90. The van der Waals surface area contributed by atoms with Gasteiger partial charge < -0.3 is 10.7 Å². The summed E-state index contributed by atoms with van der Waals surface area (Å²) < 4.78 is 0. The highest BCUT2D eigenvalue weighted by atomic mass is 16.1. The number of hydrogen-bond donors (Lipinski definition) is 3. The van der Waals surface area contributed by atoms with Crippen LogP contribution < -0.4 is 16.6 Å². The lowest BCUT2D eigenvalue weighted by Gasteiger charge is -2.55. The van der Waals surface area contributed by atoms with Crippen LogP contribution in [0.4, 0.5) is 5.69 Å². The predicted octanol–water partition coefficient (Wildman–Crippen LogP) is 2.35. The second kappa shape index (κ2) is 5.89. The Bertz CT molecular complexity index is 536. The molecule has 5 heteroatoms. The average Bonchev–Trinajstić information content (AvgIpc) is 2.49. The van der Waals surface area contributed by atoms with Crippen molar-refractivity contribution in [2.45, 2.75) is 57.7 Å². The number of nitrogens with one attached hydrogen (secondary N) is 2. The Kier molecular flexibility index (Phi) is 4.49. The Morgan fingerprint density at radius 1 is 1.23 bits per heavy atom. The second-order valence-corrected chi connectivity index (χ2v) is 7.31. The molecule has 0 saturated carbocycles. The van der Waals surface area contributed by atoms with Gasteiger partial charge in [-0.3, -0.25) is 15.5 Å². The quantitative estimate of drug-likeness (QED) is 0.592. The van der Waals surface area contributed by atoms with Crippen LogP contribution in [0.25, 0.3) is 0 Å². The summed E-state index contributed by atoms with van der Waals surface area (Å²) in [5.41, 5.74) is 4.07. The van der Waals surface area contributed by atoms with E-state index >= 15 is 0 Å². The van der Waals surface area contributed by atoms with E-state index in [-0.39, 0.29) is 23.0 Å². The first-order chi connectivity index (χ1) is 10.2. The maximum atomic E-state index is 12.5. The van der Waals surface area contributed by atoms with Crippen molar-refractivity contribution >= 4 is 11.6 Å². The van der Waals surface area contributed by atoms with Gasteiger partial charge in [-0.2, -0.15) is 0 Å². The van der Waals surface area contributed by atoms with E-state index < -0.39 is 0 Å². The van der Waals surface area contributed by atoms with Gasteiger partial charge in [0.1, 0.15) is 0 Å². The fourth-order valence-electron chi connectivity index (χ4n) is 3.24. The van der Waals surface area contributed by atoms with Crippen LogP contribution in [0.3, 0.4) is 0 Å². The van der Waals surface area contributed by atoms with Crippen molar-refractivity contribution in [2.75, 3.05) is 12.5 Å². The van der Waals surface area contributed by atoms with Crippen molar-refractivity contribution in [3.63, 3.8) is 0 Å². The van der Waals surface area contributed by atoms with Crippen LogP contribution in [0.15, 0.2) is 24.3 Å². The largest absolute Gasteiger partial charge is 0.347 e. The third kappa shape index (κ3) is 3.10. The summed E-state index contributed by atoms with van der Waals surface area (Å²) in [7, 11) is 2.14. The van der Waals surface area contributed by atoms with E-state index in [4.69, 9.17) is 5.84 Å². The van der Waals surface area contributed by atoms with Gasteiger partial charge in [-0.05, 0) is 71.8 Å². The van der Waals surface area contributed by atoms with E-state index in [1.807, 2.05) is 0 Å². The van der Waals surface area contributed by atoms with Crippen LogP contribution in [0.5, 0.6) is 0 Å². The number of rotatable bonds is 3. The van der Waals surface area contributed by atoms with Gasteiger partial charge in [-0.25, -0.2) is 0 Å². The lowest BCUT2D eigenvalue weighted by Crippen LogP contribution is -2.66. The lowest BCUT2D eigenvalue weighted by molar-refractivity contribution is -0.0251. The molecular formula is C17H28N4O. The molecule has 1 aliphatic heterocycles. The topological polar surface area (TPSA) is 70.4 Å². The van der Waals surface area contributed by atoms with Gasteiger partial charge in [-0.15, -0.1) is 0 Å². The summed E-state index contributed by atoms with van der Waals surface area (Å²) in [5, 5.41) is 3.20. The smallest absolute Gasteiger partial charge is 0.251 e. The van der Waals surface area contributed by atoms with Crippen LogP contribution in [-0.4, -0.2) is 35.0 Å². The zero-order valence-corrected chi connectivity index (χ0v) is 14.2. The number of benzene rings is 1. The highest BCUT2D eigenvalue weighted by Crippen LogP contribution is 2.36. The molecule has 0 radical (unpaired) electrons. The fourth-order valence-corrected chi connectivity index (χ4v) is 3.24. The lowest BCUT2D eigenvalue weighted by atomic mass is 9.77. The Hall–Kier alpha value is -1.59. The number of nitrogens with two attached hydrogens (primary N) is 1. The number of carbonyl (C=O) groups is 1. The van der Waals surface area contributed by atoms with Crippen molar-refractivity contribution in [2.24, 2.45) is 5.84 Å². The van der Waals surface area contributed by atoms with Crippen molar-refractivity contribution in [3.05, 3.63) is 29.8 Å². The number of amides is 1. The van der Waals surface area contributed by atoms with Gasteiger partial charge >= 0.3 is 0 Å². The Balaban J connectivity index is 2.10. The number of anilines is 1. The number of likely N-dealkylation sites (tertiary alicyclic amines) is 1. The molecule has 122 valence electrons. The van der Waals surface area contributed by atoms with Gasteiger partial charge in [0.2, 0.25) is 0 Å². The first-order valence-electron chi connectivity index (χ1n) is 7.80. The van der Waals surface area contributed by atoms with E-state index in [1.54, 1.807) is 24.3 Å². The molecule has 1 heterocycles. The first kappa shape index (κ1) is 16.8. The number of nitrogen functional groups attached to an aromatic ring is 1. The number of hydrogen-bond acceptors (Lipinski definition) is 4. The van der Waals surface area contributed by atoms with Crippen LogP contribution in [0.1, 0.15) is 50.9 Å². The molecule has 4 N–H and O–H groups in total. The van der Waals surface area contributed by atoms with Gasteiger partial charge in [0.05, 0.1) is 0 Å². The number of carbonyl (C=O) groups excluding carboxylic acids is 1. The third-order valence-electron chi connectivity index (χ3n) is 5.29. The number of nitrogens with zero attached hydrogens (tertiary/aromatic N) is 1. The van der Waals surface area contributed by atoms with Crippen LogP contribution >= 0.6 is 0 Å². The molecule has 1 aromatic carbocycles. The predicted molar refractivity (Wildman–Crippen MR) is 90.7 cm³/mol. The molecule has 1 aliphatic rings. The zero-order chi connectivity index (χ0) is 16.5. The molecule has 5 nitrogen and oxygen atoms in total. The minimum absolute atomic E-state index is 0.0326. The Morgan fingerprint density at radius 3 is 2.36 bits per heavy atom. The minimum Gasteiger partial charge on any atom is -0.347 e. The molecule has 1 amide bonds. The maximum absolute atomic E-state index is 12.5. The van der Waals surface area contributed by atoms with Crippen molar-refractivity contribution in [1.82, 2.24) is 10.2 Å². The highest BCUT2D eigenvalue weighted by Gasteiger charge is 2.45. The molecule has 1 aromatic rings. The molecule has 1 unspecified atom stereocenters. The molecule has 0 bridgehead atoms. The number of likely N-dealkylation sites (N-methyl/N-ethyl adjacent to an activating group) is 1. The molecule has 1 fully saturated rings. The zero-order valence-electron chi connectivity index (χ0n) is 14.2. The average molecular weight is 304 g/mol. The van der Waals surface area contributed by atoms with Crippen LogP contribution in [-0.2, 0) is 0 Å². The van der Waals surface area contributed by atoms with E-state index in [0.717, 1.165) is 18.5 Å². The summed E-state index contributed by atoms with van der Waals surface area (Å²) in [6.07, 6.45) is 2.05. The summed E-state index contributed by atoms with van der Waals surface area (Å²) in [5.74, 6) is 5.31. The van der Waals surface area contributed by atoms with Gasteiger partial charge in [0, 0.05) is 28.4 Å². The second-order valence-electron chi connectivity index (χ2n) is 7.31. The molecule has 1 saturated heterocycles. The SMILES string of the molecule is CN1C(C)(C)CCC(NC(=O)c2ccc(NN)cc2)C1(C)C. The Labute approximate surface area is 133 Å². The summed E-state index contributed by atoms with van der Waals surface area (Å²) in [6, 6.07) is 7.30. The monoisotopic (exact) mass is 304 g/mol. The minimum atomic E-state index is -0.0871. The Morgan fingerprint density at radius 2 is 1.82 bits per heavy atom. The first-order valence-corrected chi connectivity index (χ1v) is 7.80. The number of hydrazine groups is 1. The van der Waals surface area contributed by atoms with Gasteiger partial charge in [-0.1, -0.05) is 0 Å². The normalized spacial score (nSPS) is 23.8. The molecule has 1 atom stereocenters. The molecule has 0 aromatic heterocycles. The molecular weight excluding hydrogens is 276 g/mol. The van der Waals surface area contributed by atoms with Crippen LogP contribution in [0.2, 0.25) is 0 Å². The van der Waals surface area contributed by atoms with Crippen molar-refractivity contribution < 1.29 is 4.79 Å². The van der Waals surface area contributed by atoms with E-state index in [2.05, 4.69) is 50.4 Å². The molecule has 2 rings (SSSR count).